The first kappa shape index (κ1) is 22.2. The SMILES string of the molecule is Cc1ncsc1-c1ccc(CNC(=O)[C@@H]2CCCN2c2cccc(Oc3ccccc3)c2)cc1. The van der Waals surface area contributed by atoms with Crippen LogP contribution < -0.4 is 15.0 Å². The van der Waals surface area contributed by atoms with Crippen molar-refractivity contribution in [1.82, 2.24) is 10.3 Å². The molecule has 0 unspecified atom stereocenters. The maximum Gasteiger partial charge on any atom is 0.242 e. The molecule has 1 amide bonds. The van der Waals surface area contributed by atoms with Gasteiger partial charge >= 0.3 is 0 Å². The first-order valence-corrected chi connectivity index (χ1v) is 12.4. The van der Waals surface area contributed by atoms with Crippen LogP contribution in [0.2, 0.25) is 0 Å². The van der Waals surface area contributed by atoms with Gasteiger partial charge in [-0.15, -0.1) is 11.3 Å². The molecule has 2 heterocycles. The van der Waals surface area contributed by atoms with Crippen LogP contribution in [0.4, 0.5) is 5.69 Å². The van der Waals surface area contributed by atoms with Crippen LogP contribution in [-0.4, -0.2) is 23.5 Å². The summed E-state index contributed by atoms with van der Waals surface area (Å²) in [6.45, 7) is 3.40. The predicted molar refractivity (Wildman–Crippen MR) is 137 cm³/mol. The quantitative estimate of drug-likeness (QED) is 0.350. The first-order valence-electron chi connectivity index (χ1n) is 11.5. The van der Waals surface area contributed by atoms with Gasteiger partial charge in [0.15, 0.2) is 0 Å². The summed E-state index contributed by atoms with van der Waals surface area (Å²) in [5, 5.41) is 3.14. The summed E-state index contributed by atoms with van der Waals surface area (Å²) in [5.41, 5.74) is 6.17. The van der Waals surface area contributed by atoms with Crippen molar-refractivity contribution in [2.75, 3.05) is 11.4 Å². The number of aryl methyl sites for hydroxylation is 1. The molecular formula is C28H27N3O2S. The normalized spacial score (nSPS) is 15.3. The van der Waals surface area contributed by atoms with Crippen LogP contribution in [0.3, 0.4) is 0 Å². The minimum absolute atomic E-state index is 0.0641. The number of aromatic nitrogens is 1. The number of carbonyl (C=O) groups is 1. The highest BCUT2D eigenvalue weighted by Crippen LogP contribution is 2.31. The Morgan fingerprint density at radius 3 is 2.62 bits per heavy atom. The Bertz CT molecular complexity index is 1250. The topological polar surface area (TPSA) is 54.5 Å². The molecule has 0 spiro atoms. The molecule has 6 heteroatoms. The van der Waals surface area contributed by atoms with Gasteiger partial charge in [-0.2, -0.15) is 0 Å². The molecule has 4 aromatic rings. The van der Waals surface area contributed by atoms with Crippen molar-refractivity contribution in [3.05, 3.63) is 95.6 Å². The lowest BCUT2D eigenvalue weighted by molar-refractivity contribution is -0.122. The van der Waals surface area contributed by atoms with Gasteiger partial charge in [0.1, 0.15) is 17.5 Å². The maximum absolute atomic E-state index is 13.1. The maximum atomic E-state index is 13.1. The van der Waals surface area contributed by atoms with E-state index in [-0.39, 0.29) is 11.9 Å². The molecule has 0 radical (unpaired) electrons. The third-order valence-corrected chi connectivity index (χ3v) is 7.09. The summed E-state index contributed by atoms with van der Waals surface area (Å²) in [6, 6.07) is 25.9. The zero-order valence-corrected chi connectivity index (χ0v) is 19.9. The number of nitrogens with zero attached hydrogens (tertiary/aromatic N) is 2. The molecule has 5 nitrogen and oxygen atoms in total. The third kappa shape index (κ3) is 4.97. The first-order chi connectivity index (χ1) is 16.7. The second kappa shape index (κ2) is 10.1. The van der Waals surface area contributed by atoms with Crippen molar-refractivity contribution in [2.45, 2.75) is 32.4 Å². The number of anilines is 1. The molecule has 3 aromatic carbocycles. The van der Waals surface area contributed by atoms with Gasteiger partial charge in [-0.05, 0) is 55.2 Å². The fourth-order valence-electron chi connectivity index (χ4n) is 4.36. The molecule has 1 atom stereocenters. The smallest absolute Gasteiger partial charge is 0.242 e. The van der Waals surface area contributed by atoms with E-state index in [0.717, 1.165) is 53.4 Å². The average Bonchev–Trinajstić information content (AvgIpc) is 3.53. The largest absolute Gasteiger partial charge is 0.457 e. The van der Waals surface area contributed by atoms with E-state index < -0.39 is 0 Å². The minimum atomic E-state index is -0.175. The number of nitrogens with one attached hydrogen (secondary N) is 1. The Kier molecular flexibility index (Phi) is 6.58. The van der Waals surface area contributed by atoms with Gasteiger partial charge in [0.25, 0.3) is 0 Å². The van der Waals surface area contributed by atoms with Crippen molar-refractivity contribution in [2.24, 2.45) is 0 Å². The monoisotopic (exact) mass is 469 g/mol. The van der Waals surface area contributed by atoms with E-state index >= 15 is 0 Å². The van der Waals surface area contributed by atoms with Gasteiger partial charge in [-0.1, -0.05) is 48.5 Å². The number of amides is 1. The van der Waals surface area contributed by atoms with Crippen LogP contribution in [0.15, 0.2) is 84.4 Å². The summed E-state index contributed by atoms with van der Waals surface area (Å²) in [6.07, 6.45) is 1.84. The number of hydrogen-bond donors (Lipinski definition) is 1. The van der Waals surface area contributed by atoms with Crippen LogP contribution in [-0.2, 0) is 11.3 Å². The molecule has 1 fully saturated rings. The molecule has 1 N–H and O–H groups in total. The molecule has 1 aliphatic rings. The van der Waals surface area contributed by atoms with Crippen LogP contribution in [0.5, 0.6) is 11.5 Å². The van der Waals surface area contributed by atoms with Gasteiger partial charge in [0.2, 0.25) is 5.91 Å². The number of thiazole rings is 1. The van der Waals surface area contributed by atoms with Crippen LogP contribution in [0.1, 0.15) is 24.1 Å². The fourth-order valence-corrected chi connectivity index (χ4v) is 5.17. The Morgan fingerprint density at radius 2 is 1.85 bits per heavy atom. The lowest BCUT2D eigenvalue weighted by Gasteiger charge is -2.26. The second-order valence-corrected chi connectivity index (χ2v) is 9.30. The number of rotatable bonds is 7. The van der Waals surface area contributed by atoms with Gasteiger partial charge in [0, 0.05) is 24.8 Å². The van der Waals surface area contributed by atoms with Gasteiger partial charge in [0.05, 0.1) is 16.1 Å². The standard InChI is InChI=1S/C28H27N3O2S/c1-20-27(34-19-30-20)22-14-12-21(13-15-22)18-29-28(32)26-11-6-16-31(26)23-7-5-10-25(17-23)33-24-8-3-2-4-9-24/h2-5,7-10,12-15,17,19,26H,6,11,16,18H2,1H3,(H,29,32)/t26-/m0/s1. The zero-order chi connectivity index (χ0) is 23.3. The minimum Gasteiger partial charge on any atom is -0.457 e. The highest BCUT2D eigenvalue weighted by Gasteiger charge is 2.31. The Morgan fingerprint density at radius 1 is 1.06 bits per heavy atom. The number of hydrogen-bond acceptors (Lipinski definition) is 5. The molecule has 1 aromatic heterocycles. The van der Waals surface area contributed by atoms with Crippen LogP contribution in [0, 0.1) is 6.92 Å². The average molecular weight is 470 g/mol. The van der Waals surface area contributed by atoms with E-state index in [4.69, 9.17) is 4.74 Å². The highest BCUT2D eigenvalue weighted by molar-refractivity contribution is 7.13. The lowest BCUT2D eigenvalue weighted by atomic mass is 10.1. The third-order valence-electron chi connectivity index (χ3n) is 6.11. The Balaban J connectivity index is 1.22. The van der Waals surface area contributed by atoms with Crippen LogP contribution in [0.25, 0.3) is 10.4 Å². The molecular weight excluding hydrogens is 442 g/mol. The Hall–Kier alpha value is -3.64. The van der Waals surface area contributed by atoms with Gasteiger partial charge < -0.3 is 15.0 Å². The van der Waals surface area contributed by atoms with Crippen molar-refractivity contribution < 1.29 is 9.53 Å². The molecule has 0 bridgehead atoms. The zero-order valence-electron chi connectivity index (χ0n) is 19.1. The number of benzene rings is 3. The molecule has 0 saturated carbocycles. The summed E-state index contributed by atoms with van der Waals surface area (Å²) >= 11 is 1.65. The van der Waals surface area contributed by atoms with Crippen LogP contribution >= 0.6 is 11.3 Å². The van der Waals surface area contributed by atoms with Crippen molar-refractivity contribution in [1.29, 1.82) is 0 Å². The fraction of sp³-hybridized carbons (Fsp3) is 0.214. The summed E-state index contributed by atoms with van der Waals surface area (Å²) in [5.74, 6) is 1.63. The molecule has 34 heavy (non-hydrogen) atoms. The molecule has 5 rings (SSSR count). The molecule has 172 valence electrons. The van der Waals surface area contributed by atoms with E-state index in [2.05, 4.69) is 39.5 Å². The van der Waals surface area contributed by atoms with E-state index in [9.17, 15) is 4.79 Å². The summed E-state index contributed by atoms with van der Waals surface area (Å²) in [4.78, 5) is 20.8. The van der Waals surface area contributed by atoms with E-state index in [1.54, 1.807) is 11.3 Å². The predicted octanol–water partition coefficient (Wildman–Crippen LogP) is 6.20. The van der Waals surface area contributed by atoms with Crippen molar-refractivity contribution in [3.8, 4) is 21.9 Å². The number of para-hydroxylation sites is 1. The lowest BCUT2D eigenvalue weighted by Crippen LogP contribution is -2.43. The van der Waals surface area contributed by atoms with E-state index in [1.807, 2.05) is 67.0 Å². The summed E-state index contributed by atoms with van der Waals surface area (Å²) in [7, 11) is 0. The number of carbonyl (C=O) groups excluding carboxylic acids is 1. The molecule has 1 aliphatic heterocycles. The van der Waals surface area contributed by atoms with Gasteiger partial charge in [-0.3, -0.25) is 4.79 Å². The number of ether oxygens (including phenoxy) is 1. The van der Waals surface area contributed by atoms with E-state index in [0.29, 0.717) is 6.54 Å². The Labute approximate surface area is 204 Å². The van der Waals surface area contributed by atoms with E-state index in [1.165, 1.54) is 4.88 Å². The highest BCUT2D eigenvalue weighted by atomic mass is 32.1. The second-order valence-electron chi connectivity index (χ2n) is 8.45. The van der Waals surface area contributed by atoms with Crippen molar-refractivity contribution >= 4 is 22.9 Å². The molecule has 0 aliphatic carbocycles. The van der Waals surface area contributed by atoms with Gasteiger partial charge in [-0.25, -0.2) is 4.98 Å². The molecule has 1 saturated heterocycles. The summed E-state index contributed by atoms with van der Waals surface area (Å²) < 4.78 is 5.99. The van der Waals surface area contributed by atoms with Crippen molar-refractivity contribution in [3.63, 3.8) is 0 Å².